The Hall–Kier alpha value is -2.66. The number of carbonyl (C=O) groups excluding carboxylic acids is 2. The molecule has 2 amide bonds. The van der Waals surface area contributed by atoms with Gasteiger partial charge in [-0.1, -0.05) is 54.6 Å². The van der Waals surface area contributed by atoms with E-state index in [1.54, 1.807) is 12.0 Å². The zero-order valence-electron chi connectivity index (χ0n) is 15.0. The summed E-state index contributed by atoms with van der Waals surface area (Å²) in [4.78, 5) is 27.3. The fourth-order valence-corrected chi connectivity index (χ4v) is 3.33. The molecular weight excluding hydrogens is 328 g/mol. The first-order valence-electron chi connectivity index (χ1n) is 8.88. The van der Waals surface area contributed by atoms with Crippen LogP contribution in [0.25, 0.3) is 0 Å². The van der Waals surface area contributed by atoms with Crippen molar-refractivity contribution in [2.45, 2.75) is 25.4 Å². The molecule has 0 spiro atoms. The van der Waals surface area contributed by atoms with Gasteiger partial charge in [-0.05, 0) is 23.1 Å². The molecule has 5 heteroatoms. The van der Waals surface area contributed by atoms with Crippen molar-refractivity contribution >= 4 is 11.8 Å². The quantitative estimate of drug-likeness (QED) is 0.869. The summed E-state index contributed by atoms with van der Waals surface area (Å²) in [5.41, 5.74) is 3.07. The number of hydrogen-bond donors (Lipinski definition) is 1. The van der Waals surface area contributed by atoms with Crippen molar-refractivity contribution in [1.29, 1.82) is 0 Å². The highest BCUT2D eigenvalue weighted by Gasteiger charge is 2.35. The molecule has 1 aliphatic heterocycles. The number of fused-ring (bicyclic) bond motifs is 1. The van der Waals surface area contributed by atoms with Crippen molar-refractivity contribution < 1.29 is 14.3 Å². The van der Waals surface area contributed by atoms with Crippen molar-refractivity contribution in [3.63, 3.8) is 0 Å². The van der Waals surface area contributed by atoms with Crippen molar-refractivity contribution in [3.8, 4) is 0 Å². The van der Waals surface area contributed by atoms with E-state index in [9.17, 15) is 9.59 Å². The van der Waals surface area contributed by atoms with Gasteiger partial charge in [0.15, 0.2) is 0 Å². The largest absolute Gasteiger partial charge is 0.384 e. The van der Waals surface area contributed by atoms with Crippen LogP contribution in [-0.2, 0) is 27.3 Å². The van der Waals surface area contributed by atoms with Crippen molar-refractivity contribution in [2.24, 2.45) is 0 Å². The molecule has 0 aliphatic carbocycles. The molecule has 0 bridgehead atoms. The van der Waals surface area contributed by atoms with E-state index in [1.807, 2.05) is 54.6 Å². The molecule has 5 nitrogen and oxygen atoms in total. The minimum atomic E-state index is -0.590. The third kappa shape index (κ3) is 4.11. The molecule has 1 heterocycles. The van der Waals surface area contributed by atoms with Gasteiger partial charge in [0.2, 0.25) is 11.8 Å². The third-order valence-corrected chi connectivity index (χ3v) is 4.68. The van der Waals surface area contributed by atoms with Gasteiger partial charge >= 0.3 is 0 Å². The third-order valence-electron chi connectivity index (χ3n) is 4.68. The van der Waals surface area contributed by atoms with Crippen LogP contribution in [0.4, 0.5) is 0 Å². The summed E-state index contributed by atoms with van der Waals surface area (Å²) in [5, 5.41) is 2.99. The van der Waals surface area contributed by atoms with Crippen LogP contribution in [0.5, 0.6) is 0 Å². The summed E-state index contributed by atoms with van der Waals surface area (Å²) in [5.74, 6) is -0.201. The normalized spacial score (nSPS) is 16.0. The highest BCUT2D eigenvalue weighted by molar-refractivity contribution is 5.89. The topological polar surface area (TPSA) is 58.6 Å². The van der Waals surface area contributed by atoms with E-state index in [2.05, 4.69) is 5.32 Å². The molecule has 1 unspecified atom stereocenters. The van der Waals surface area contributed by atoms with E-state index in [0.29, 0.717) is 19.7 Å². The molecule has 1 atom stereocenters. The molecule has 3 rings (SSSR count). The van der Waals surface area contributed by atoms with Crippen LogP contribution in [0.1, 0.15) is 29.2 Å². The maximum Gasteiger partial charge on any atom is 0.247 e. The lowest BCUT2D eigenvalue weighted by molar-refractivity contribution is -0.142. The lowest BCUT2D eigenvalue weighted by Gasteiger charge is -2.36. The Bertz CT molecular complexity index is 761. The monoisotopic (exact) mass is 352 g/mol. The molecule has 2 aromatic rings. The predicted octanol–water partition coefficient (Wildman–Crippen LogP) is 2.47. The van der Waals surface area contributed by atoms with Crippen LogP contribution in [0.2, 0.25) is 0 Å². The summed E-state index contributed by atoms with van der Waals surface area (Å²) in [6, 6.07) is 17.0. The fraction of sp³-hybridized carbons (Fsp3) is 0.333. The summed E-state index contributed by atoms with van der Waals surface area (Å²) in [6.07, 6.45) is 1.04. The minimum Gasteiger partial charge on any atom is -0.384 e. The molecule has 0 saturated carbocycles. The molecule has 0 fully saturated rings. The van der Waals surface area contributed by atoms with Gasteiger partial charge in [-0.25, -0.2) is 0 Å². The number of rotatable bonds is 6. The number of benzene rings is 2. The van der Waals surface area contributed by atoms with Gasteiger partial charge in [-0.15, -0.1) is 0 Å². The van der Waals surface area contributed by atoms with Gasteiger partial charge in [-0.2, -0.15) is 0 Å². The zero-order chi connectivity index (χ0) is 18.4. The lowest BCUT2D eigenvalue weighted by atomic mass is 9.91. The first kappa shape index (κ1) is 18.1. The Kier molecular flexibility index (Phi) is 6.02. The maximum absolute atomic E-state index is 13.0. The second kappa shape index (κ2) is 8.63. The fourth-order valence-electron chi connectivity index (χ4n) is 3.33. The maximum atomic E-state index is 13.0. The molecule has 2 aromatic carbocycles. The lowest BCUT2D eigenvalue weighted by Crippen LogP contribution is -2.47. The van der Waals surface area contributed by atoms with Crippen LogP contribution < -0.4 is 5.32 Å². The van der Waals surface area contributed by atoms with E-state index >= 15 is 0 Å². The summed E-state index contributed by atoms with van der Waals surface area (Å²) < 4.78 is 5.03. The van der Waals surface area contributed by atoms with Gasteiger partial charge in [0.05, 0.1) is 13.0 Å². The number of hydrogen-bond acceptors (Lipinski definition) is 3. The summed E-state index contributed by atoms with van der Waals surface area (Å²) >= 11 is 0. The Morgan fingerprint density at radius 2 is 1.85 bits per heavy atom. The summed E-state index contributed by atoms with van der Waals surface area (Å²) in [7, 11) is 1.57. The van der Waals surface area contributed by atoms with E-state index in [-0.39, 0.29) is 18.2 Å². The second-order valence-corrected chi connectivity index (χ2v) is 6.38. The number of methoxy groups -OCH3 is 1. The van der Waals surface area contributed by atoms with Crippen LogP contribution in [0.3, 0.4) is 0 Å². The van der Waals surface area contributed by atoms with Gasteiger partial charge in [0, 0.05) is 20.2 Å². The zero-order valence-corrected chi connectivity index (χ0v) is 15.0. The molecule has 0 saturated heterocycles. The Morgan fingerprint density at radius 3 is 2.62 bits per heavy atom. The first-order valence-corrected chi connectivity index (χ1v) is 8.88. The number of nitrogens with one attached hydrogen (secondary N) is 1. The van der Waals surface area contributed by atoms with Crippen LogP contribution in [-0.4, -0.2) is 37.0 Å². The molecule has 136 valence electrons. The smallest absolute Gasteiger partial charge is 0.247 e. The SMILES string of the molecule is COCCC(=O)N1CCc2ccccc2C1C(=O)NCc1ccccc1. The average Bonchev–Trinajstić information content (AvgIpc) is 2.70. The number of carbonyl (C=O) groups is 2. The number of nitrogens with zero attached hydrogens (tertiary/aromatic N) is 1. The minimum absolute atomic E-state index is 0.0544. The van der Waals surface area contributed by atoms with Crippen LogP contribution >= 0.6 is 0 Å². The number of amides is 2. The Balaban J connectivity index is 1.80. The summed E-state index contributed by atoms with van der Waals surface area (Å²) in [6.45, 7) is 1.34. The van der Waals surface area contributed by atoms with E-state index < -0.39 is 6.04 Å². The van der Waals surface area contributed by atoms with Gasteiger partial charge < -0.3 is 15.0 Å². The van der Waals surface area contributed by atoms with Gasteiger partial charge in [-0.3, -0.25) is 9.59 Å². The Morgan fingerprint density at radius 1 is 1.12 bits per heavy atom. The molecule has 0 radical (unpaired) electrons. The van der Waals surface area contributed by atoms with Crippen LogP contribution in [0.15, 0.2) is 54.6 Å². The molecule has 26 heavy (non-hydrogen) atoms. The second-order valence-electron chi connectivity index (χ2n) is 6.38. The average molecular weight is 352 g/mol. The van der Waals surface area contributed by atoms with Crippen molar-refractivity contribution in [2.75, 3.05) is 20.3 Å². The van der Waals surface area contributed by atoms with E-state index in [1.165, 1.54) is 0 Å². The molecular formula is C21H24N2O3. The number of ether oxygens (including phenoxy) is 1. The van der Waals surface area contributed by atoms with Crippen LogP contribution in [0, 0.1) is 0 Å². The highest BCUT2D eigenvalue weighted by atomic mass is 16.5. The standard InChI is InChI=1S/C21H24N2O3/c1-26-14-12-19(24)23-13-11-17-9-5-6-10-18(17)20(23)21(25)22-15-16-7-3-2-4-8-16/h2-10,20H,11-15H2,1H3,(H,22,25). The molecule has 1 N–H and O–H groups in total. The van der Waals surface area contributed by atoms with Gasteiger partial charge in [0.1, 0.15) is 6.04 Å². The van der Waals surface area contributed by atoms with E-state index in [0.717, 1.165) is 23.1 Å². The van der Waals surface area contributed by atoms with Gasteiger partial charge in [0.25, 0.3) is 0 Å². The first-order chi connectivity index (χ1) is 12.7. The van der Waals surface area contributed by atoms with Crippen molar-refractivity contribution in [3.05, 3.63) is 71.3 Å². The highest BCUT2D eigenvalue weighted by Crippen LogP contribution is 2.30. The van der Waals surface area contributed by atoms with E-state index in [4.69, 9.17) is 4.74 Å². The molecule has 1 aliphatic rings. The van der Waals surface area contributed by atoms with Crippen molar-refractivity contribution in [1.82, 2.24) is 10.2 Å². The molecule has 0 aromatic heterocycles. The predicted molar refractivity (Wildman–Crippen MR) is 99.4 cm³/mol. The Labute approximate surface area is 154 Å².